The number of aryl methyl sites for hydroxylation is 1. The Morgan fingerprint density at radius 1 is 1.08 bits per heavy atom. The summed E-state index contributed by atoms with van der Waals surface area (Å²) in [6.07, 6.45) is 4.96. The van der Waals surface area contributed by atoms with Crippen LogP contribution in [0, 0.1) is 17.3 Å². The molecule has 2 atom stereocenters. The van der Waals surface area contributed by atoms with E-state index >= 15 is 0 Å². The van der Waals surface area contributed by atoms with Crippen LogP contribution >= 0.6 is 0 Å². The molecule has 1 N–H and O–H groups in total. The zero-order chi connectivity index (χ0) is 25.8. The number of carbonyl (C=O) groups is 2. The van der Waals surface area contributed by atoms with Gasteiger partial charge in [0, 0.05) is 22.7 Å². The topological polar surface area (TPSA) is 62.3 Å². The molecule has 0 saturated heterocycles. The van der Waals surface area contributed by atoms with Crippen LogP contribution in [-0.2, 0) is 34.3 Å². The minimum absolute atomic E-state index is 0.0261. The summed E-state index contributed by atoms with van der Waals surface area (Å²) in [5, 5.41) is 2.97. The lowest BCUT2D eigenvalue weighted by Gasteiger charge is -2.33. The molecule has 1 spiro atoms. The minimum Gasteiger partial charge on any atom is -0.324 e. The molecule has 2 heterocycles. The number of carbonyl (C=O) groups excluding carboxylic acids is 2. The molecule has 0 unspecified atom stereocenters. The summed E-state index contributed by atoms with van der Waals surface area (Å²) in [6.45, 7) is 6.30. The molecule has 0 saturated carbocycles. The fraction of sp³-hybridized carbons (Fsp3) is 0.344. The van der Waals surface area contributed by atoms with Gasteiger partial charge in [-0.05, 0) is 66.1 Å². The molecule has 2 aromatic carbocycles. The van der Waals surface area contributed by atoms with Crippen molar-refractivity contribution in [3.05, 3.63) is 94.2 Å². The van der Waals surface area contributed by atoms with E-state index in [4.69, 9.17) is 0 Å². The molecule has 3 aromatic rings. The van der Waals surface area contributed by atoms with Gasteiger partial charge in [-0.15, -0.1) is 0 Å². The van der Waals surface area contributed by atoms with E-state index in [1.54, 1.807) is 6.20 Å². The van der Waals surface area contributed by atoms with Crippen molar-refractivity contribution < 1.29 is 9.59 Å². The van der Waals surface area contributed by atoms with Crippen LogP contribution < -0.4 is 5.32 Å². The smallest absolute Gasteiger partial charge is 0.237 e. The van der Waals surface area contributed by atoms with Crippen molar-refractivity contribution >= 4 is 17.6 Å². The Hall–Kier alpha value is -3.91. The second-order valence-corrected chi connectivity index (χ2v) is 11.5. The van der Waals surface area contributed by atoms with Crippen molar-refractivity contribution in [2.75, 3.05) is 11.9 Å². The van der Waals surface area contributed by atoms with Crippen LogP contribution in [0.1, 0.15) is 66.6 Å². The number of nitrogens with one attached hydrogen (secondary N) is 1. The number of benzene rings is 2. The molecule has 2 aliphatic carbocycles. The molecule has 0 bridgehead atoms. The van der Waals surface area contributed by atoms with Crippen molar-refractivity contribution in [3.8, 4) is 11.8 Å². The van der Waals surface area contributed by atoms with E-state index < -0.39 is 10.8 Å². The summed E-state index contributed by atoms with van der Waals surface area (Å²) in [5.74, 6) is 7.44. The first kappa shape index (κ1) is 23.5. The largest absolute Gasteiger partial charge is 0.324 e. The molecule has 5 nitrogen and oxygen atoms in total. The van der Waals surface area contributed by atoms with Crippen molar-refractivity contribution in [2.24, 2.45) is 5.41 Å². The van der Waals surface area contributed by atoms with E-state index in [1.807, 2.05) is 43.9 Å². The molecule has 3 aliphatic rings. The molecular formula is C32H31N3O2. The molecule has 6 rings (SSSR count). The average molecular weight is 490 g/mol. The highest BCUT2D eigenvalue weighted by Gasteiger charge is 2.51. The van der Waals surface area contributed by atoms with Crippen LogP contribution in [0.4, 0.5) is 5.82 Å². The Morgan fingerprint density at radius 2 is 1.89 bits per heavy atom. The third kappa shape index (κ3) is 3.92. The summed E-state index contributed by atoms with van der Waals surface area (Å²) < 4.78 is 0. The van der Waals surface area contributed by atoms with E-state index in [9.17, 15) is 9.59 Å². The Kier molecular flexibility index (Phi) is 5.45. The van der Waals surface area contributed by atoms with Gasteiger partial charge >= 0.3 is 0 Å². The van der Waals surface area contributed by atoms with E-state index in [1.165, 1.54) is 16.7 Å². The normalized spacial score (nSPS) is 21.1. The number of aromatic nitrogens is 1. The maximum Gasteiger partial charge on any atom is 0.237 e. The molecule has 37 heavy (non-hydrogen) atoms. The lowest BCUT2D eigenvalue weighted by molar-refractivity contribution is -0.141. The molecule has 0 fully saturated rings. The number of fused-ring (bicyclic) bond motifs is 4. The maximum absolute atomic E-state index is 13.4. The Morgan fingerprint density at radius 3 is 2.73 bits per heavy atom. The number of pyridine rings is 1. The van der Waals surface area contributed by atoms with Crippen LogP contribution in [0.25, 0.3) is 0 Å². The second-order valence-electron chi connectivity index (χ2n) is 11.5. The predicted molar refractivity (Wildman–Crippen MR) is 144 cm³/mol. The quantitative estimate of drug-likeness (QED) is 0.516. The highest BCUT2D eigenvalue weighted by Crippen LogP contribution is 2.46. The zero-order valence-electron chi connectivity index (χ0n) is 21.6. The average Bonchev–Trinajstić information content (AvgIpc) is 3.55. The fourth-order valence-corrected chi connectivity index (χ4v) is 6.18. The van der Waals surface area contributed by atoms with E-state index in [0.29, 0.717) is 25.2 Å². The number of amides is 2. The molecule has 1 aliphatic heterocycles. The molecular weight excluding hydrogens is 458 g/mol. The van der Waals surface area contributed by atoms with Gasteiger partial charge in [-0.2, -0.15) is 0 Å². The highest BCUT2D eigenvalue weighted by atomic mass is 16.2. The second kappa shape index (κ2) is 8.59. The molecule has 1 aromatic heterocycles. The Bertz CT molecular complexity index is 1490. The monoisotopic (exact) mass is 489 g/mol. The van der Waals surface area contributed by atoms with Gasteiger partial charge in [-0.3, -0.25) is 9.59 Å². The van der Waals surface area contributed by atoms with Crippen molar-refractivity contribution in [2.45, 2.75) is 57.9 Å². The number of nitrogens with zero attached hydrogens (tertiary/aromatic N) is 2. The molecule has 186 valence electrons. The summed E-state index contributed by atoms with van der Waals surface area (Å²) >= 11 is 0. The Balaban J connectivity index is 1.25. The van der Waals surface area contributed by atoms with E-state index in [2.05, 4.69) is 58.5 Å². The predicted octanol–water partition coefficient (Wildman–Crippen LogP) is 4.98. The fourth-order valence-electron chi connectivity index (χ4n) is 6.18. The van der Waals surface area contributed by atoms with Gasteiger partial charge in [0.15, 0.2) is 0 Å². The number of rotatable bonds is 2. The maximum atomic E-state index is 13.4. The van der Waals surface area contributed by atoms with Crippen LogP contribution in [-0.4, -0.2) is 28.2 Å². The standard InChI is InChI=1S/C32H31N3O2/c1-31(2,3)30(37)35(27-15-14-22-9-4-5-10-25(22)27)17-7-8-21-12-13-23-19-32(20-24(23)18-21)26-11-6-16-33-28(26)34-29(32)36/h4-6,9-13,16,18,27H,14-15,17,19-20H2,1-3H3,(H,33,34,36)/t27-,32-/m1/s1. The van der Waals surface area contributed by atoms with Crippen molar-refractivity contribution in [1.82, 2.24) is 9.88 Å². The summed E-state index contributed by atoms with van der Waals surface area (Å²) in [4.78, 5) is 32.8. The van der Waals surface area contributed by atoms with E-state index in [0.717, 1.165) is 29.5 Å². The van der Waals surface area contributed by atoms with Crippen LogP contribution in [0.2, 0.25) is 0 Å². The van der Waals surface area contributed by atoms with Gasteiger partial charge in [-0.1, -0.05) is 69.0 Å². The number of hydrogen-bond donors (Lipinski definition) is 1. The molecule has 5 heteroatoms. The number of anilines is 1. The van der Waals surface area contributed by atoms with E-state index in [-0.39, 0.29) is 17.9 Å². The Labute approximate surface area is 218 Å². The summed E-state index contributed by atoms with van der Waals surface area (Å²) in [5.41, 5.74) is 5.75. The van der Waals surface area contributed by atoms with Crippen LogP contribution in [0.3, 0.4) is 0 Å². The SMILES string of the molecule is CC(C)(C)C(=O)N(CC#Cc1ccc2c(c1)C[C@@]1(C2)C(=O)Nc2ncccc21)[C@@H]1CCc2ccccc21. The molecule has 2 amide bonds. The lowest BCUT2D eigenvalue weighted by Crippen LogP contribution is -2.41. The summed E-state index contributed by atoms with van der Waals surface area (Å²) in [6, 6.07) is 18.6. The third-order valence-corrected chi connectivity index (χ3v) is 8.04. The molecule has 0 radical (unpaired) electrons. The van der Waals surface area contributed by atoms with Gasteiger partial charge in [0.25, 0.3) is 0 Å². The first-order chi connectivity index (χ1) is 17.8. The van der Waals surface area contributed by atoms with Gasteiger partial charge in [-0.25, -0.2) is 4.98 Å². The van der Waals surface area contributed by atoms with Gasteiger partial charge < -0.3 is 10.2 Å². The highest BCUT2D eigenvalue weighted by molar-refractivity contribution is 6.06. The van der Waals surface area contributed by atoms with Gasteiger partial charge in [0.1, 0.15) is 5.82 Å². The van der Waals surface area contributed by atoms with Crippen LogP contribution in [0.15, 0.2) is 60.8 Å². The number of hydrogen-bond acceptors (Lipinski definition) is 3. The third-order valence-electron chi connectivity index (χ3n) is 8.04. The first-order valence-corrected chi connectivity index (χ1v) is 13.0. The van der Waals surface area contributed by atoms with Gasteiger partial charge in [0.05, 0.1) is 18.0 Å². The minimum atomic E-state index is -0.580. The zero-order valence-corrected chi connectivity index (χ0v) is 21.6. The van der Waals surface area contributed by atoms with Gasteiger partial charge in [0.2, 0.25) is 11.8 Å². The van der Waals surface area contributed by atoms with Crippen LogP contribution in [0.5, 0.6) is 0 Å². The lowest BCUT2D eigenvalue weighted by atomic mass is 9.79. The first-order valence-electron chi connectivity index (χ1n) is 13.0. The van der Waals surface area contributed by atoms with Crippen molar-refractivity contribution in [1.29, 1.82) is 0 Å². The summed E-state index contributed by atoms with van der Waals surface area (Å²) in [7, 11) is 0. The van der Waals surface area contributed by atoms with Crippen molar-refractivity contribution in [3.63, 3.8) is 0 Å².